The molecule has 0 amide bonds. The molecule has 1 aliphatic carbocycles. The van der Waals surface area contributed by atoms with Crippen LogP contribution in [-0.2, 0) is 19.9 Å². The van der Waals surface area contributed by atoms with Crippen molar-refractivity contribution in [1.82, 2.24) is 4.31 Å². The van der Waals surface area contributed by atoms with Crippen LogP contribution in [0.1, 0.15) is 38.5 Å². The molecule has 3 unspecified atom stereocenters. The molecule has 3 aliphatic rings. The third-order valence-corrected chi connectivity index (χ3v) is 9.64. The van der Waals surface area contributed by atoms with Gasteiger partial charge >= 0.3 is 0 Å². The highest BCUT2D eigenvalue weighted by atomic mass is 32.2. The Balaban J connectivity index is 1.76. The lowest BCUT2D eigenvalue weighted by molar-refractivity contribution is -0.0817. The molecule has 6 nitrogen and oxygen atoms in total. The summed E-state index contributed by atoms with van der Waals surface area (Å²) >= 11 is 0. The molecule has 0 spiro atoms. The molecule has 3 rings (SSSR count). The quantitative estimate of drug-likeness (QED) is 0.773. The van der Waals surface area contributed by atoms with E-state index in [2.05, 4.69) is 0 Å². The minimum Gasteiger partial charge on any atom is -0.390 e. The predicted octanol–water partition coefficient (Wildman–Crippen LogP) is 0.130. The normalized spacial score (nSPS) is 40.8. The fraction of sp³-hybridized carbons (Fsp3) is 1.00. The van der Waals surface area contributed by atoms with E-state index < -0.39 is 30.7 Å². The summed E-state index contributed by atoms with van der Waals surface area (Å²) in [5.74, 6) is -0.286. The first-order chi connectivity index (χ1) is 9.73. The van der Waals surface area contributed by atoms with Crippen LogP contribution in [-0.4, -0.2) is 61.7 Å². The lowest BCUT2D eigenvalue weighted by atomic mass is 9.72. The number of aliphatic hydroxyl groups is 1. The molecule has 21 heavy (non-hydrogen) atoms. The molecule has 0 radical (unpaired) electrons. The molecule has 0 aromatic carbocycles. The maximum Gasteiger partial charge on any atom is 0.218 e. The van der Waals surface area contributed by atoms with Crippen LogP contribution in [0.3, 0.4) is 0 Å². The van der Waals surface area contributed by atoms with Gasteiger partial charge in [0.25, 0.3) is 0 Å². The van der Waals surface area contributed by atoms with Crippen LogP contribution >= 0.6 is 0 Å². The number of sulfone groups is 1. The summed E-state index contributed by atoms with van der Waals surface area (Å²) in [6.45, 7) is 0.654. The minimum absolute atomic E-state index is 0.00668. The zero-order valence-electron chi connectivity index (χ0n) is 12.1. The molecular weight excluding hydrogens is 314 g/mol. The molecule has 3 fully saturated rings. The zero-order valence-corrected chi connectivity index (χ0v) is 13.7. The monoisotopic (exact) mass is 337 g/mol. The van der Waals surface area contributed by atoms with Gasteiger partial charge in [-0.25, -0.2) is 21.1 Å². The van der Waals surface area contributed by atoms with Crippen LogP contribution in [0.15, 0.2) is 0 Å². The van der Waals surface area contributed by atoms with E-state index in [9.17, 15) is 21.9 Å². The Bertz CT molecular complexity index is 614. The number of sulfonamides is 1. The van der Waals surface area contributed by atoms with Crippen LogP contribution in [0.2, 0.25) is 0 Å². The first-order valence-electron chi connectivity index (χ1n) is 7.65. The molecule has 0 aromatic rings. The van der Waals surface area contributed by atoms with E-state index in [0.717, 1.165) is 25.7 Å². The van der Waals surface area contributed by atoms with Gasteiger partial charge in [0.05, 0.1) is 22.4 Å². The summed E-state index contributed by atoms with van der Waals surface area (Å²) in [6, 6.07) is 0. The molecule has 3 atom stereocenters. The molecule has 1 N–H and O–H groups in total. The number of piperidine rings is 1. The summed E-state index contributed by atoms with van der Waals surface area (Å²) < 4.78 is 49.8. The average Bonchev–Trinajstić information content (AvgIpc) is 2.78. The van der Waals surface area contributed by atoms with E-state index in [0.29, 0.717) is 19.5 Å². The second kappa shape index (κ2) is 5.18. The lowest BCUT2D eigenvalue weighted by Gasteiger charge is -2.47. The number of hydrogen-bond donors (Lipinski definition) is 1. The lowest BCUT2D eigenvalue weighted by Crippen LogP contribution is -2.56. The van der Waals surface area contributed by atoms with E-state index in [1.807, 2.05) is 0 Å². The van der Waals surface area contributed by atoms with Gasteiger partial charge in [-0.15, -0.1) is 0 Å². The van der Waals surface area contributed by atoms with Crippen LogP contribution in [0.25, 0.3) is 0 Å². The topological polar surface area (TPSA) is 91.8 Å². The van der Waals surface area contributed by atoms with Crippen molar-refractivity contribution >= 4 is 19.9 Å². The first-order valence-corrected chi connectivity index (χ1v) is 11.0. The summed E-state index contributed by atoms with van der Waals surface area (Å²) in [5.41, 5.74) is -0.716. The molecule has 0 bridgehead atoms. The highest BCUT2D eigenvalue weighted by molar-refractivity contribution is 7.95. The molecule has 1 saturated carbocycles. The Morgan fingerprint density at radius 2 is 1.90 bits per heavy atom. The van der Waals surface area contributed by atoms with Crippen LogP contribution in [0.5, 0.6) is 0 Å². The van der Waals surface area contributed by atoms with Gasteiger partial charge in [0.2, 0.25) is 10.0 Å². The Morgan fingerprint density at radius 1 is 1.14 bits per heavy atom. The fourth-order valence-electron chi connectivity index (χ4n) is 3.98. The number of fused-ring (bicyclic) bond motifs is 1. The van der Waals surface area contributed by atoms with E-state index in [-0.39, 0.29) is 23.8 Å². The van der Waals surface area contributed by atoms with Crippen molar-refractivity contribution in [2.45, 2.75) is 49.4 Å². The molecule has 122 valence electrons. The van der Waals surface area contributed by atoms with Gasteiger partial charge in [-0.3, -0.25) is 0 Å². The summed E-state index contributed by atoms with van der Waals surface area (Å²) in [6.07, 6.45) is 4.31. The van der Waals surface area contributed by atoms with Crippen LogP contribution in [0, 0.1) is 5.92 Å². The average molecular weight is 337 g/mol. The van der Waals surface area contributed by atoms with Crippen molar-refractivity contribution in [1.29, 1.82) is 0 Å². The van der Waals surface area contributed by atoms with Gasteiger partial charge in [0, 0.05) is 19.0 Å². The Labute approximate surface area is 126 Å². The van der Waals surface area contributed by atoms with Crippen molar-refractivity contribution < 1.29 is 21.9 Å². The van der Waals surface area contributed by atoms with Gasteiger partial charge in [-0.2, -0.15) is 0 Å². The van der Waals surface area contributed by atoms with E-state index in [1.165, 1.54) is 4.31 Å². The van der Waals surface area contributed by atoms with E-state index >= 15 is 0 Å². The van der Waals surface area contributed by atoms with Crippen LogP contribution in [0.4, 0.5) is 0 Å². The molecule has 8 heteroatoms. The second-order valence-electron chi connectivity index (χ2n) is 6.72. The molecular formula is C13H23NO5S2. The van der Waals surface area contributed by atoms with Crippen LogP contribution < -0.4 is 0 Å². The van der Waals surface area contributed by atoms with Crippen molar-refractivity contribution in [3.63, 3.8) is 0 Å². The summed E-state index contributed by atoms with van der Waals surface area (Å²) in [5, 5.41) is 9.81. The van der Waals surface area contributed by atoms with E-state index in [1.54, 1.807) is 0 Å². The highest BCUT2D eigenvalue weighted by Crippen LogP contribution is 2.41. The maximum atomic E-state index is 12.6. The predicted molar refractivity (Wildman–Crippen MR) is 79.1 cm³/mol. The zero-order chi connectivity index (χ0) is 15.3. The van der Waals surface area contributed by atoms with Gasteiger partial charge in [-0.05, 0) is 25.7 Å². The Morgan fingerprint density at radius 3 is 2.57 bits per heavy atom. The highest BCUT2D eigenvalue weighted by Gasteiger charge is 2.48. The van der Waals surface area contributed by atoms with Crippen molar-refractivity contribution in [3.8, 4) is 0 Å². The fourth-order valence-corrected chi connectivity index (χ4v) is 8.55. The van der Waals surface area contributed by atoms with Crippen molar-refractivity contribution in [2.75, 3.05) is 24.6 Å². The standard InChI is InChI=1S/C13H23NO5S2/c15-13-5-2-1-3-11(13)9-14(7-6-13)21(18,19)12-4-8-20(16,17)10-12/h11-12,15H,1-10H2. The molecule has 2 aliphatic heterocycles. The van der Waals surface area contributed by atoms with Gasteiger partial charge in [0.15, 0.2) is 9.84 Å². The summed E-state index contributed by atoms with van der Waals surface area (Å²) in [7, 11) is -6.77. The van der Waals surface area contributed by atoms with E-state index in [4.69, 9.17) is 0 Å². The third-order valence-electron chi connectivity index (χ3n) is 5.36. The number of rotatable bonds is 2. The minimum atomic E-state index is -3.57. The molecule has 2 saturated heterocycles. The number of hydrogen-bond acceptors (Lipinski definition) is 5. The molecule has 2 heterocycles. The van der Waals surface area contributed by atoms with Gasteiger partial charge in [-0.1, -0.05) is 12.8 Å². The first kappa shape index (κ1) is 15.7. The second-order valence-corrected chi connectivity index (χ2v) is 11.2. The largest absolute Gasteiger partial charge is 0.390 e. The van der Waals surface area contributed by atoms with Crippen molar-refractivity contribution in [2.24, 2.45) is 5.92 Å². The summed E-state index contributed by atoms with van der Waals surface area (Å²) in [4.78, 5) is 0. The maximum absolute atomic E-state index is 12.6. The SMILES string of the molecule is O=S1(=O)CCC(S(=O)(=O)N2CCC3(O)CCCCC3C2)C1. The number of nitrogens with zero attached hydrogens (tertiary/aromatic N) is 1. The third kappa shape index (κ3) is 2.87. The Hall–Kier alpha value is -0.180. The van der Waals surface area contributed by atoms with Gasteiger partial charge < -0.3 is 5.11 Å². The van der Waals surface area contributed by atoms with Crippen molar-refractivity contribution in [3.05, 3.63) is 0 Å². The smallest absolute Gasteiger partial charge is 0.218 e. The van der Waals surface area contributed by atoms with Gasteiger partial charge in [0.1, 0.15) is 0 Å². The Kier molecular flexibility index (Phi) is 3.87. The molecule has 0 aromatic heterocycles.